The summed E-state index contributed by atoms with van der Waals surface area (Å²) in [7, 11) is 0. The van der Waals surface area contributed by atoms with Crippen LogP contribution in [0.5, 0.6) is 11.5 Å². The summed E-state index contributed by atoms with van der Waals surface area (Å²) in [6, 6.07) is 7.78. The van der Waals surface area contributed by atoms with Crippen LogP contribution in [0.1, 0.15) is 75.6 Å². The van der Waals surface area contributed by atoms with Crippen LogP contribution in [0.4, 0.5) is 0 Å². The third-order valence-electron chi connectivity index (χ3n) is 4.73. The zero-order valence-electron chi connectivity index (χ0n) is 16.6. The molecule has 3 nitrogen and oxygen atoms in total. The number of rotatable bonds is 13. The average molecular weight is 435 g/mol. The van der Waals surface area contributed by atoms with Gasteiger partial charge in [0, 0.05) is 5.39 Å². The number of carbonyl (C=O) groups excluding carboxylic acids is 1. The van der Waals surface area contributed by atoms with Crippen molar-refractivity contribution in [2.45, 2.75) is 65.2 Å². The molecular formula is C23H31BrO3. The highest BCUT2D eigenvalue weighted by Gasteiger charge is 2.13. The van der Waals surface area contributed by atoms with E-state index in [1.807, 2.05) is 24.3 Å². The van der Waals surface area contributed by atoms with E-state index in [9.17, 15) is 4.79 Å². The third-order valence-corrected chi connectivity index (χ3v) is 5.55. The highest BCUT2D eigenvalue weighted by Crippen LogP contribution is 2.37. The summed E-state index contributed by atoms with van der Waals surface area (Å²) in [5.74, 6) is 1.48. The van der Waals surface area contributed by atoms with Gasteiger partial charge in [0.05, 0.1) is 23.2 Å². The molecule has 0 unspecified atom stereocenters. The molecule has 0 aromatic heterocycles. The molecule has 0 N–H and O–H groups in total. The molecule has 0 atom stereocenters. The Kier molecular flexibility index (Phi) is 9.68. The summed E-state index contributed by atoms with van der Waals surface area (Å²) >= 11 is 3.65. The van der Waals surface area contributed by atoms with Gasteiger partial charge >= 0.3 is 0 Å². The van der Waals surface area contributed by atoms with Gasteiger partial charge in [0.1, 0.15) is 11.5 Å². The van der Waals surface area contributed by atoms with Crippen molar-refractivity contribution in [3.05, 3.63) is 34.3 Å². The van der Waals surface area contributed by atoms with Gasteiger partial charge in [-0.15, -0.1) is 0 Å². The summed E-state index contributed by atoms with van der Waals surface area (Å²) in [4.78, 5) is 11.7. The van der Waals surface area contributed by atoms with Crippen molar-refractivity contribution in [1.29, 1.82) is 0 Å². The highest BCUT2D eigenvalue weighted by molar-refractivity contribution is 9.10. The minimum atomic E-state index is 0.609. The lowest BCUT2D eigenvalue weighted by Crippen LogP contribution is -2.01. The molecule has 0 fully saturated rings. The first-order chi connectivity index (χ1) is 13.2. The standard InChI is InChI=1S/C23H31BrO3/c1-3-5-7-9-15-26-21-13-12-19-18(20(21)17-25)11-14-22(23(19)24)27-16-10-8-6-4-2/h11-14,17H,3-10,15-16H2,1-2H3. The Hall–Kier alpha value is -1.55. The molecule has 0 aliphatic heterocycles. The molecular weight excluding hydrogens is 404 g/mol. The molecule has 0 bridgehead atoms. The lowest BCUT2D eigenvalue weighted by molar-refractivity contribution is 0.112. The van der Waals surface area contributed by atoms with E-state index in [1.165, 1.54) is 32.1 Å². The smallest absolute Gasteiger partial charge is 0.154 e. The van der Waals surface area contributed by atoms with Crippen molar-refractivity contribution in [1.82, 2.24) is 0 Å². The van der Waals surface area contributed by atoms with Crippen LogP contribution in [-0.2, 0) is 0 Å². The second kappa shape index (κ2) is 12.0. The SMILES string of the molecule is CCCCCCOc1ccc2c(C=O)c(OCCCCCC)ccc2c1Br. The van der Waals surface area contributed by atoms with Gasteiger partial charge in [0.15, 0.2) is 6.29 Å². The molecule has 2 rings (SSSR count). The Morgan fingerprint density at radius 1 is 0.778 bits per heavy atom. The van der Waals surface area contributed by atoms with Gasteiger partial charge < -0.3 is 9.47 Å². The fourth-order valence-electron chi connectivity index (χ4n) is 3.13. The van der Waals surface area contributed by atoms with Gasteiger partial charge in [0.2, 0.25) is 0 Å². The first-order valence-corrected chi connectivity index (χ1v) is 11.0. The van der Waals surface area contributed by atoms with Gasteiger partial charge in [-0.05, 0) is 58.4 Å². The molecule has 0 aliphatic carbocycles. The van der Waals surface area contributed by atoms with Gasteiger partial charge in [0.25, 0.3) is 0 Å². The van der Waals surface area contributed by atoms with Crippen molar-refractivity contribution >= 4 is 33.0 Å². The normalized spacial score (nSPS) is 10.9. The minimum Gasteiger partial charge on any atom is -0.493 e. The van der Waals surface area contributed by atoms with E-state index in [-0.39, 0.29) is 0 Å². The van der Waals surface area contributed by atoms with E-state index in [0.717, 1.165) is 46.5 Å². The van der Waals surface area contributed by atoms with Crippen LogP contribution in [0.3, 0.4) is 0 Å². The summed E-state index contributed by atoms with van der Waals surface area (Å²) < 4.78 is 12.7. The van der Waals surface area contributed by atoms with Crippen LogP contribution in [0.15, 0.2) is 28.7 Å². The largest absolute Gasteiger partial charge is 0.493 e. The number of halogens is 1. The molecule has 0 aliphatic rings. The Balaban J connectivity index is 2.11. The average Bonchev–Trinajstić information content (AvgIpc) is 2.69. The Labute approximate surface area is 171 Å². The molecule has 0 amide bonds. The first kappa shape index (κ1) is 21.7. The monoisotopic (exact) mass is 434 g/mol. The number of carbonyl (C=O) groups is 1. The Bertz CT molecular complexity index is 727. The summed E-state index contributed by atoms with van der Waals surface area (Å²) in [6.07, 6.45) is 10.2. The molecule has 0 spiro atoms. The van der Waals surface area contributed by atoms with E-state index in [0.29, 0.717) is 24.5 Å². The zero-order chi connectivity index (χ0) is 19.5. The summed E-state index contributed by atoms with van der Waals surface area (Å²) in [5.41, 5.74) is 0.609. The Morgan fingerprint density at radius 3 is 1.93 bits per heavy atom. The van der Waals surface area contributed by atoms with E-state index < -0.39 is 0 Å². The number of fused-ring (bicyclic) bond motifs is 1. The second-order valence-electron chi connectivity index (χ2n) is 6.89. The van der Waals surface area contributed by atoms with Crippen LogP contribution in [0.25, 0.3) is 10.8 Å². The van der Waals surface area contributed by atoms with E-state index in [1.54, 1.807) is 0 Å². The fourth-order valence-corrected chi connectivity index (χ4v) is 3.73. The summed E-state index contributed by atoms with van der Waals surface area (Å²) in [6.45, 7) is 5.75. The number of hydrogen-bond acceptors (Lipinski definition) is 3. The number of benzene rings is 2. The molecule has 0 saturated heterocycles. The number of unbranched alkanes of at least 4 members (excludes halogenated alkanes) is 6. The lowest BCUT2D eigenvalue weighted by Gasteiger charge is -2.14. The first-order valence-electron chi connectivity index (χ1n) is 10.2. The van der Waals surface area contributed by atoms with Crippen molar-refractivity contribution in [3.8, 4) is 11.5 Å². The fraction of sp³-hybridized carbons (Fsp3) is 0.522. The van der Waals surface area contributed by atoms with Crippen molar-refractivity contribution in [3.63, 3.8) is 0 Å². The van der Waals surface area contributed by atoms with Gasteiger partial charge in [-0.25, -0.2) is 0 Å². The molecule has 148 valence electrons. The molecule has 0 saturated carbocycles. The Morgan fingerprint density at radius 2 is 1.33 bits per heavy atom. The number of aldehydes is 1. The zero-order valence-corrected chi connectivity index (χ0v) is 18.1. The third kappa shape index (κ3) is 6.24. The van der Waals surface area contributed by atoms with Crippen LogP contribution in [-0.4, -0.2) is 19.5 Å². The van der Waals surface area contributed by atoms with Crippen LogP contribution >= 0.6 is 15.9 Å². The molecule has 2 aromatic carbocycles. The molecule has 4 heteroatoms. The lowest BCUT2D eigenvalue weighted by atomic mass is 10.0. The van der Waals surface area contributed by atoms with Crippen molar-refractivity contribution in [2.24, 2.45) is 0 Å². The van der Waals surface area contributed by atoms with Crippen LogP contribution < -0.4 is 9.47 Å². The van der Waals surface area contributed by atoms with E-state index in [4.69, 9.17) is 9.47 Å². The maximum absolute atomic E-state index is 11.7. The van der Waals surface area contributed by atoms with E-state index in [2.05, 4.69) is 29.8 Å². The topological polar surface area (TPSA) is 35.5 Å². The number of hydrogen-bond donors (Lipinski definition) is 0. The predicted octanol–water partition coefficient (Wildman–Crippen LogP) is 7.33. The molecule has 2 aromatic rings. The molecule has 0 heterocycles. The van der Waals surface area contributed by atoms with Gasteiger partial charge in [-0.1, -0.05) is 52.4 Å². The maximum Gasteiger partial charge on any atom is 0.154 e. The highest BCUT2D eigenvalue weighted by atomic mass is 79.9. The molecule has 27 heavy (non-hydrogen) atoms. The maximum atomic E-state index is 11.7. The van der Waals surface area contributed by atoms with Crippen LogP contribution in [0, 0.1) is 0 Å². The van der Waals surface area contributed by atoms with E-state index >= 15 is 0 Å². The molecule has 0 radical (unpaired) electrons. The number of ether oxygens (including phenoxy) is 2. The predicted molar refractivity (Wildman–Crippen MR) is 116 cm³/mol. The van der Waals surface area contributed by atoms with Gasteiger partial charge in [-0.2, -0.15) is 0 Å². The summed E-state index contributed by atoms with van der Waals surface area (Å²) in [5, 5.41) is 1.86. The second-order valence-corrected chi connectivity index (χ2v) is 7.68. The quantitative estimate of drug-likeness (QED) is 0.244. The van der Waals surface area contributed by atoms with Crippen molar-refractivity contribution < 1.29 is 14.3 Å². The van der Waals surface area contributed by atoms with Gasteiger partial charge in [-0.3, -0.25) is 4.79 Å². The van der Waals surface area contributed by atoms with Crippen molar-refractivity contribution in [2.75, 3.05) is 13.2 Å². The van der Waals surface area contributed by atoms with Crippen LogP contribution in [0.2, 0.25) is 0 Å². The minimum absolute atomic E-state index is 0.609.